The molecule has 10 nitrogen and oxygen atoms in total. The Morgan fingerprint density at radius 2 is 1.70 bits per heavy atom. The Hall–Kier alpha value is -1.10. The Bertz CT molecular complexity index is 1120. The number of rotatable bonds is 8. The van der Waals surface area contributed by atoms with E-state index in [-0.39, 0.29) is 22.4 Å². The van der Waals surface area contributed by atoms with E-state index in [9.17, 15) is 8.42 Å². The molecular weight excluding hydrogens is 529 g/mol. The van der Waals surface area contributed by atoms with Crippen molar-refractivity contribution in [1.82, 2.24) is 15.0 Å². The Labute approximate surface area is 224 Å². The maximum Gasteiger partial charge on any atom is 0.292 e. The van der Waals surface area contributed by atoms with E-state index in [4.69, 9.17) is 23.5 Å². The number of aromatic nitrogens is 3. The highest BCUT2D eigenvalue weighted by atomic mass is 32.2. The molecular formula is C24H46N4O6SSi2. The standard InChI is InChI=1S/C24H46N4O6SSi2/c1-12-13-17-14-28(27-26-17)21-20(33-37(10,11)23(5,6)7)24(18(25)16-35(29,30)34-24)19(32-21)15-31-36(8,9)22(2,3)4/h14,16,19-21H,12-13,15,25H2,1-11H3/t19-,20+,21-,24-/m1/s1. The summed E-state index contributed by atoms with van der Waals surface area (Å²) in [5.41, 5.74) is 5.78. The average molecular weight is 575 g/mol. The van der Waals surface area contributed by atoms with Gasteiger partial charge in [-0.1, -0.05) is 60.1 Å². The molecule has 37 heavy (non-hydrogen) atoms. The smallest absolute Gasteiger partial charge is 0.292 e. The van der Waals surface area contributed by atoms with Crippen LogP contribution >= 0.6 is 0 Å². The number of hydrogen-bond acceptors (Lipinski definition) is 9. The van der Waals surface area contributed by atoms with Gasteiger partial charge in [0.25, 0.3) is 10.1 Å². The molecule has 0 unspecified atom stereocenters. The van der Waals surface area contributed by atoms with Crippen LogP contribution < -0.4 is 5.73 Å². The van der Waals surface area contributed by atoms with Gasteiger partial charge in [0.1, 0.15) is 12.2 Å². The lowest BCUT2D eigenvalue weighted by Gasteiger charge is -2.43. The molecule has 3 rings (SSSR count). The molecule has 1 aromatic heterocycles. The molecule has 1 spiro atoms. The average Bonchev–Trinajstić information content (AvgIpc) is 3.35. The summed E-state index contributed by atoms with van der Waals surface area (Å²) >= 11 is 0. The number of ether oxygens (including phenoxy) is 1. The summed E-state index contributed by atoms with van der Waals surface area (Å²) in [6, 6.07) is 0. The lowest BCUT2D eigenvalue weighted by Crippen LogP contribution is -2.59. The molecule has 0 aromatic carbocycles. The van der Waals surface area contributed by atoms with E-state index in [1.165, 1.54) is 0 Å². The van der Waals surface area contributed by atoms with Crippen LogP contribution in [0.1, 0.15) is 66.8 Å². The third-order valence-electron chi connectivity index (χ3n) is 8.39. The van der Waals surface area contributed by atoms with Crippen LogP contribution in [-0.4, -0.2) is 64.5 Å². The fourth-order valence-electron chi connectivity index (χ4n) is 4.01. The summed E-state index contributed by atoms with van der Waals surface area (Å²) in [6.45, 7) is 23.4. The van der Waals surface area contributed by atoms with E-state index in [0.29, 0.717) is 0 Å². The topological polar surface area (TPSA) is 128 Å². The molecule has 2 aliphatic rings. The number of nitrogens with zero attached hydrogens (tertiary/aromatic N) is 3. The van der Waals surface area contributed by atoms with Gasteiger partial charge in [-0.25, -0.2) is 8.86 Å². The van der Waals surface area contributed by atoms with Crippen molar-refractivity contribution >= 4 is 26.8 Å². The van der Waals surface area contributed by atoms with Gasteiger partial charge in [-0.05, 0) is 42.7 Å². The number of hydrogen-bond donors (Lipinski definition) is 1. The molecule has 4 atom stereocenters. The highest BCUT2D eigenvalue weighted by Gasteiger charge is 2.67. The van der Waals surface area contributed by atoms with E-state index >= 15 is 0 Å². The van der Waals surface area contributed by atoms with Crippen molar-refractivity contribution in [2.75, 3.05) is 6.61 Å². The first-order chi connectivity index (χ1) is 16.7. The van der Waals surface area contributed by atoms with E-state index in [1.54, 1.807) is 4.68 Å². The second-order valence-corrected chi connectivity index (χ2v) is 24.2. The van der Waals surface area contributed by atoms with Crippen LogP contribution in [0.3, 0.4) is 0 Å². The molecule has 1 aromatic rings. The third kappa shape index (κ3) is 5.77. The van der Waals surface area contributed by atoms with Crippen molar-refractivity contribution in [3.63, 3.8) is 0 Å². The Kier molecular flexibility index (Phi) is 8.08. The fraction of sp³-hybridized carbons (Fsp3) is 0.833. The zero-order chi connectivity index (χ0) is 28.2. The van der Waals surface area contributed by atoms with Gasteiger partial charge in [0.05, 0.1) is 29.6 Å². The number of aryl methyl sites for hydroxylation is 1. The van der Waals surface area contributed by atoms with Crippen LogP contribution in [0.25, 0.3) is 0 Å². The summed E-state index contributed by atoms with van der Waals surface area (Å²) < 4.78 is 53.1. The minimum Gasteiger partial charge on any atom is -0.414 e. The largest absolute Gasteiger partial charge is 0.414 e. The predicted molar refractivity (Wildman–Crippen MR) is 148 cm³/mol. The van der Waals surface area contributed by atoms with Crippen molar-refractivity contribution in [1.29, 1.82) is 0 Å². The highest BCUT2D eigenvalue weighted by Crippen LogP contribution is 2.52. The highest BCUT2D eigenvalue weighted by molar-refractivity contribution is 7.90. The summed E-state index contributed by atoms with van der Waals surface area (Å²) in [6.07, 6.45) is 0.971. The molecule has 0 aliphatic carbocycles. The first-order valence-electron chi connectivity index (χ1n) is 13.0. The zero-order valence-electron chi connectivity index (χ0n) is 24.3. The Morgan fingerprint density at radius 3 is 2.19 bits per heavy atom. The molecule has 2 N–H and O–H groups in total. The molecule has 0 bridgehead atoms. The Morgan fingerprint density at radius 1 is 1.11 bits per heavy atom. The fourth-order valence-corrected chi connectivity index (χ4v) is 7.52. The summed E-state index contributed by atoms with van der Waals surface area (Å²) in [7, 11) is -8.75. The van der Waals surface area contributed by atoms with Crippen LogP contribution in [0.5, 0.6) is 0 Å². The molecule has 1 fully saturated rings. The van der Waals surface area contributed by atoms with Crippen molar-refractivity contribution in [3.05, 3.63) is 23.0 Å². The Balaban J connectivity index is 2.13. The van der Waals surface area contributed by atoms with Crippen molar-refractivity contribution in [2.45, 2.75) is 122 Å². The van der Waals surface area contributed by atoms with Crippen molar-refractivity contribution in [2.24, 2.45) is 5.73 Å². The van der Waals surface area contributed by atoms with Crippen LogP contribution in [0, 0.1) is 0 Å². The monoisotopic (exact) mass is 574 g/mol. The third-order valence-corrected chi connectivity index (χ3v) is 18.4. The number of nitrogens with two attached hydrogens (primary N) is 1. The maximum absolute atomic E-state index is 12.8. The summed E-state index contributed by atoms with van der Waals surface area (Å²) in [5.74, 6) is 0. The molecule has 0 saturated carbocycles. The predicted octanol–water partition coefficient (Wildman–Crippen LogP) is 4.44. The van der Waals surface area contributed by atoms with Gasteiger partial charge < -0.3 is 19.3 Å². The first kappa shape index (κ1) is 30.4. The van der Waals surface area contributed by atoms with Crippen LogP contribution in [0.15, 0.2) is 17.3 Å². The van der Waals surface area contributed by atoms with Gasteiger partial charge in [-0.3, -0.25) is 0 Å². The SMILES string of the molecule is CCCc1cn([C@@H]2O[C@H](CO[Si](C)(C)C(C)(C)C)[C@@]3(OS(=O)(=O)C=C3N)[C@H]2O[Si](C)(C)C(C)(C)C)nn1. The van der Waals surface area contributed by atoms with Gasteiger partial charge in [-0.2, -0.15) is 8.42 Å². The van der Waals surface area contributed by atoms with Gasteiger partial charge in [0, 0.05) is 0 Å². The van der Waals surface area contributed by atoms with Gasteiger partial charge in [0.2, 0.25) is 0 Å². The van der Waals surface area contributed by atoms with Crippen LogP contribution in [-0.2, 0) is 34.3 Å². The lowest BCUT2D eigenvalue weighted by molar-refractivity contribution is -0.0595. The van der Waals surface area contributed by atoms with E-state index in [0.717, 1.165) is 23.9 Å². The van der Waals surface area contributed by atoms with Crippen LogP contribution in [0.2, 0.25) is 36.3 Å². The normalized spacial score (nSPS) is 28.7. The van der Waals surface area contributed by atoms with Crippen molar-refractivity contribution in [3.8, 4) is 0 Å². The maximum atomic E-state index is 12.8. The van der Waals surface area contributed by atoms with E-state index < -0.39 is 50.8 Å². The van der Waals surface area contributed by atoms with Gasteiger partial charge in [-0.15, -0.1) is 5.10 Å². The lowest BCUT2D eigenvalue weighted by atomic mass is 9.89. The van der Waals surface area contributed by atoms with E-state index in [2.05, 4.69) is 85.0 Å². The molecule has 3 heterocycles. The van der Waals surface area contributed by atoms with Gasteiger partial charge in [0.15, 0.2) is 28.5 Å². The van der Waals surface area contributed by atoms with E-state index in [1.807, 2.05) is 6.20 Å². The molecule has 1 saturated heterocycles. The molecule has 212 valence electrons. The van der Waals surface area contributed by atoms with Gasteiger partial charge >= 0.3 is 0 Å². The van der Waals surface area contributed by atoms with Crippen molar-refractivity contribution < 1.29 is 26.2 Å². The second kappa shape index (κ2) is 9.82. The second-order valence-electron chi connectivity index (χ2n) is 13.3. The minimum absolute atomic E-state index is 0.0523. The minimum atomic E-state index is -4.06. The quantitative estimate of drug-likeness (QED) is 0.354. The zero-order valence-corrected chi connectivity index (χ0v) is 27.1. The summed E-state index contributed by atoms with van der Waals surface area (Å²) in [4.78, 5) is 0. The molecule has 0 radical (unpaired) electrons. The van der Waals surface area contributed by atoms with Crippen LogP contribution in [0.4, 0.5) is 0 Å². The first-order valence-corrected chi connectivity index (χ1v) is 20.3. The molecule has 0 amide bonds. The molecule has 13 heteroatoms. The summed E-state index contributed by atoms with van der Waals surface area (Å²) in [5, 5.41) is 9.39. The molecule has 2 aliphatic heterocycles.